The van der Waals surface area contributed by atoms with Gasteiger partial charge in [-0.15, -0.1) is 0 Å². The van der Waals surface area contributed by atoms with Gasteiger partial charge in [0, 0.05) is 7.05 Å². The Labute approximate surface area is 111 Å². The van der Waals surface area contributed by atoms with Crippen molar-refractivity contribution in [2.45, 2.75) is 19.9 Å². The van der Waals surface area contributed by atoms with E-state index in [0.29, 0.717) is 5.95 Å². The van der Waals surface area contributed by atoms with E-state index in [2.05, 4.69) is 25.6 Å². The van der Waals surface area contributed by atoms with Gasteiger partial charge in [-0.05, 0) is 5.92 Å². The van der Waals surface area contributed by atoms with Gasteiger partial charge < -0.3 is 20.1 Å². The van der Waals surface area contributed by atoms with Crippen LogP contribution in [-0.2, 0) is 9.53 Å². The van der Waals surface area contributed by atoms with Crippen LogP contribution in [-0.4, -0.2) is 48.2 Å². The van der Waals surface area contributed by atoms with Crippen molar-refractivity contribution in [2.75, 3.05) is 31.9 Å². The molecule has 8 heteroatoms. The quantitative estimate of drug-likeness (QED) is 0.722. The van der Waals surface area contributed by atoms with Gasteiger partial charge in [0.05, 0.1) is 14.2 Å². The fourth-order valence-corrected chi connectivity index (χ4v) is 1.39. The highest BCUT2D eigenvalue weighted by atomic mass is 16.5. The van der Waals surface area contributed by atoms with Gasteiger partial charge >= 0.3 is 12.0 Å². The molecular weight excluding hydrogens is 250 g/mol. The van der Waals surface area contributed by atoms with Gasteiger partial charge in [0.15, 0.2) is 0 Å². The molecule has 0 bridgehead atoms. The van der Waals surface area contributed by atoms with Crippen molar-refractivity contribution >= 4 is 17.9 Å². The van der Waals surface area contributed by atoms with E-state index in [1.807, 2.05) is 13.8 Å². The highest BCUT2D eigenvalue weighted by Gasteiger charge is 2.24. The molecule has 0 aromatic carbocycles. The Morgan fingerprint density at radius 1 is 1.16 bits per heavy atom. The number of methoxy groups -OCH3 is 2. The molecular formula is C11H19N5O3. The molecule has 8 nitrogen and oxygen atoms in total. The normalized spacial score (nSPS) is 11.9. The van der Waals surface area contributed by atoms with Crippen LogP contribution in [0.25, 0.3) is 0 Å². The Balaban J connectivity index is 2.98. The highest BCUT2D eigenvalue weighted by Crippen LogP contribution is 2.14. The van der Waals surface area contributed by atoms with E-state index in [0.717, 1.165) is 0 Å². The zero-order valence-electron chi connectivity index (χ0n) is 11.7. The van der Waals surface area contributed by atoms with Crippen molar-refractivity contribution in [3.63, 3.8) is 0 Å². The van der Waals surface area contributed by atoms with Crippen LogP contribution < -0.4 is 15.4 Å². The van der Waals surface area contributed by atoms with Gasteiger partial charge in [0.1, 0.15) is 6.04 Å². The molecule has 0 fully saturated rings. The van der Waals surface area contributed by atoms with Crippen LogP contribution in [0.2, 0.25) is 0 Å². The molecule has 0 aliphatic rings. The summed E-state index contributed by atoms with van der Waals surface area (Å²) in [6, 6.07) is -0.379. The van der Waals surface area contributed by atoms with Crippen molar-refractivity contribution in [3.8, 4) is 6.01 Å². The Hall–Kier alpha value is -2.12. The maximum absolute atomic E-state index is 11.7. The average Bonchev–Trinajstić information content (AvgIpc) is 2.43. The molecule has 106 valence electrons. The molecule has 0 saturated heterocycles. The molecule has 0 aliphatic heterocycles. The van der Waals surface area contributed by atoms with Gasteiger partial charge in [-0.1, -0.05) is 13.8 Å². The van der Waals surface area contributed by atoms with Crippen LogP contribution in [0.4, 0.5) is 11.9 Å². The molecule has 0 amide bonds. The smallest absolute Gasteiger partial charge is 0.328 e. The molecule has 0 radical (unpaired) electrons. The SMILES string of the molecule is CNc1nc(NC(C(=O)OC)C(C)C)nc(OC)n1. The average molecular weight is 269 g/mol. The number of nitrogens with one attached hydrogen (secondary N) is 2. The lowest BCUT2D eigenvalue weighted by atomic mass is 10.1. The first kappa shape index (κ1) is 14.9. The summed E-state index contributed by atoms with van der Waals surface area (Å²) in [5.74, 6) is 0.246. The second-order valence-corrected chi connectivity index (χ2v) is 4.11. The number of ether oxygens (including phenoxy) is 2. The van der Waals surface area contributed by atoms with Crippen LogP contribution in [0.3, 0.4) is 0 Å². The topological polar surface area (TPSA) is 98.3 Å². The number of nitrogens with zero attached hydrogens (tertiary/aromatic N) is 3. The van der Waals surface area contributed by atoms with Crippen molar-refractivity contribution in [3.05, 3.63) is 0 Å². The van der Waals surface area contributed by atoms with Crippen LogP contribution in [0, 0.1) is 5.92 Å². The minimum absolute atomic E-state index is 0.0215. The molecule has 1 aromatic rings. The molecule has 1 rings (SSSR count). The minimum atomic E-state index is -0.540. The van der Waals surface area contributed by atoms with E-state index in [1.54, 1.807) is 7.05 Å². The fraction of sp³-hybridized carbons (Fsp3) is 0.636. The lowest BCUT2D eigenvalue weighted by Crippen LogP contribution is -2.36. The summed E-state index contributed by atoms with van der Waals surface area (Å²) in [5, 5.41) is 5.71. The highest BCUT2D eigenvalue weighted by molar-refractivity contribution is 5.78. The summed E-state index contributed by atoms with van der Waals surface area (Å²) < 4.78 is 9.71. The fourth-order valence-electron chi connectivity index (χ4n) is 1.39. The molecule has 2 N–H and O–H groups in total. The lowest BCUT2D eigenvalue weighted by molar-refractivity contribution is -0.142. The Kier molecular flexibility index (Phi) is 5.28. The third-order valence-corrected chi connectivity index (χ3v) is 2.43. The summed E-state index contributed by atoms with van der Waals surface area (Å²) in [7, 11) is 4.48. The molecule has 1 heterocycles. The molecule has 1 aromatic heterocycles. The predicted molar refractivity (Wildman–Crippen MR) is 70.2 cm³/mol. The second-order valence-electron chi connectivity index (χ2n) is 4.11. The third kappa shape index (κ3) is 3.94. The first-order valence-corrected chi connectivity index (χ1v) is 5.84. The van der Waals surface area contributed by atoms with Crippen LogP contribution in [0.15, 0.2) is 0 Å². The van der Waals surface area contributed by atoms with Crippen molar-refractivity contribution in [1.82, 2.24) is 15.0 Å². The number of anilines is 2. The number of aromatic nitrogens is 3. The van der Waals surface area contributed by atoms with Crippen LogP contribution >= 0.6 is 0 Å². The maximum Gasteiger partial charge on any atom is 0.328 e. The zero-order chi connectivity index (χ0) is 14.4. The van der Waals surface area contributed by atoms with Crippen LogP contribution in [0.5, 0.6) is 6.01 Å². The zero-order valence-corrected chi connectivity index (χ0v) is 11.7. The van der Waals surface area contributed by atoms with E-state index < -0.39 is 6.04 Å². The summed E-state index contributed by atoms with van der Waals surface area (Å²) in [6.45, 7) is 3.79. The second kappa shape index (κ2) is 6.72. The minimum Gasteiger partial charge on any atom is -0.467 e. The van der Waals surface area contributed by atoms with E-state index >= 15 is 0 Å². The van der Waals surface area contributed by atoms with Gasteiger partial charge in [-0.2, -0.15) is 15.0 Å². The van der Waals surface area contributed by atoms with Crippen molar-refractivity contribution in [2.24, 2.45) is 5.92 Å². The Bertz CT molecular complexity index is 416. The number of hydrogen-bond donors (Lipinski definition) is 2. The molecule has 1 unspecified atom stereocenters. The Morgan fingerprint density at radius 2 is 1.79 bits per heavy atom. The Morgan fingerprint density at radius 3 is 2.26 bits per heavy atom. The molecule has 1 atom stereocenters. The van der Waals surface area contributed by atoms with Gasteiger partial charge in [0.25, 0.3) is 0 Å². The molecule has 19 heavy (non-hydrogen) atoms. The first-order valence-electron chi connectivity index (χ1n) is 5.84. The van der Waals surface area contributed by atoms with Gasteiger partial charge in [-0.3, -0.25) is 0 Å². The molecule has 0 saturated carbocycles. The van der Waals surface area contributed by atoms with Gasteiger partial charge in [0.2, 0.25) is 11.9 Å². The van der Waals surface area contributed by atoms with Crippen molar-refractivity contribution < 1.29 is 14.3 Å². The standard InChI is InChI=1S/C11H19N5O3/c1-6(2)7(8(17)18-4)13-10-14-9(12-3)15-11(16-10)19-5/h6-7H,1-5H3,(H2,12,13,14,15,16). The number of rotatable bonds is 6. The monoisotopic (exact) mass is 269 g/mol. The van der Waals surface area contributed by atoms with Gasteiger partial charge in [-0.25, -0.2) is 4.79 Å². The van der Waals surface area contributed by atoms with E-state index in [1.165, 1.54) is 14.2 Å². The summed E-state index contributed by atoms with van der Waals surface area (Å²) in [4.78, 5) is 23.8. The first-order chi connectivity index (χ1) is 9.01. The summed E-state index contributed by atoms with van der Waals surface area (Å²) >= 11 is 0. The van der Waals surface area contributed by atoms with E-state index in [4.69, 9.17) is 9.47 Å². The predicted octanol–water partition coefficient (Wildman–Crippen LogP) is 0.531. The lowest BCUT2D eigenvalue weighted by Gasteiger charge is -2.19. The van der Waals surface area contributed by atoms with Crippen LogP contribution in [0.1, 0.15) is 13.8 Å². The van der Waals surface area contributed by atoms with Crippen molar-refractivity contribution in [1.29, 1.82) is 0 Å². The number of hydrogen-bond acceptors (Lipinski definition) is 8. The number of carbonyl (C=O) groups excluding carboxylic acids is 1. The summed E-state index contributed by atoms with van der Waals surface area (Å²) in [6.07, 6.45) is 0. The number of esters is 1. The maximum atomic E-state index is 11.7. The third-order valence-electron chi connectivity index (χ3n) is 2.43. The van der Waals surface area contributed by atoms with E-state index in [9.17, 15) is 4.79 Å². The summed E-state index contributed by atoms with van der Waals surface area (Å²) in [5.41, 5.74) is 0. The molecule has 0 aliphatic carbocycles. The number of carbonyl (C=O) groups is 1. The largest absolute Gasteiger partial charge is 0.467 e. The molecule has 0 spiro atoms. The van der Waals surface area contributed by atoms with E-state index in [-0.39, 0.29) is 23.8 Å².